The van der Waals surface area contributed by atoms with Crippen LogP contribution < -0.4 is 10.2 Å². The normalized spacial score (nSPS) is 17.2. The summed E-state index contributed by atoms with van der Waals surface area (Å²) in [5.74, 6) is 0.141. The standard InChI is InChI=1S/C34H40N4O3/c1-4-38(5-2)34(41)27-12-9-19-37(22-27)23-28-20-26(14-17-30(28)24-10-7-6-8-11-24)33(40)35-29-16-13-25-15-18-32(39)36(3)31(25)21-29/h6-8,10-11,13-14,16-17,20-21,27H,4-5,9,12,15,18-19,22-23H2,1-3H3,(H,35,40). The smallest absolute Gasteiger partial charge is 0.255 e. The molecule has 1 unspecified atom stereocenters. The van der Waals surface area contributed by atoms with Gasteiger partial charge in [-0.25, -0.2) is 0 Å². The molecule has 0 aliphatic carbocycles. The highest BCUT2D eigenvalue weighted by atomic mass is 16.2. The quantitative estimate of drug-likeness (QED) is 0.395. The number of nitrogens with one attached hydrogen (secondary N) is 1. The molecule has 7 heteroatoms. The zero-order valence-corrected chi connectivity index (χ0v) is 24.4. The van der Waals surface area contributed by atoms with Gasteiger partial charge in [0.2, 0.25) is 11.8 Å². The molecule has 5 rings (SSSR count). The van der Waals surface area contributed by atoms with Crippen LogP contribution in [0.2, 0.25) is 0 Å². The molecule has 3 amide bonds. The van der Waals surface area contributed by atoms with Crippen LogP contribution in [0.4, 0.5) is 11.4 Å². The number of likely N-dealkylation sites (tertiary alicyclic amines) is 1. The van der Waals surface area contributed by atoms with Crippen molar-refractivity contribution in [3.63, 3.8) is 0 Å². The maximum Gasteiger partial charge on any atom is 0.255 e. The van der Waals surface area contributed by atoms with Crippen molar-refractivity contribution in [3.05, 3.63) is 83.4 Å². The van der Waals surface area contributed by atoms with E-state index in [2.05, 4.69) is 22.3 Å². The number of anilines is 2. The number of hydrogen-bond donors (Lipinski definition) is 1. The van der Waals surface area contributed by atoms with Gasteiger partial charge in [0.15, 0.2) is 0 Å². The molecule has 1 atom stereocenters. The number of hydrogen-bond acceptors (Lipinski definition) is 4. The lowest BCUT2D eigenvalue weighted by Gasteiger charge is -2.35. The maximum atomic E-state index is 13.4. The predicted octanol–water partition coefficient (Wildman–Crippen LogP) is 5.60. The van der Waals surface area contributed by atoms with Crippen molar-refractivity contribution >= 4 is 29.1 Å². The second-order valence-corrected chi connectivity index (χ2v) is 11.1. The number of piperidine rings is 1. The van der Waals surface area contributed by atoms with E-state index >= 15 is 0 Å². The van der Waals surface area contributed by atoms with Gasteiger partial charge in [-0.1, -0.05) is 42.5 Å². The number of fused-ring (bicyclic) bond motifs is 1. The molecular formula is C34H40N4O3. The van der Waals surface area contributed by atoms with Crippen molar-refractivity contribution < 1.29 is 14.4 Å². The van der Waals surface area contributed by atoms with Crippen LogP contribution in [0, 0.1) is 5.92 Å². The molecule has 1 fully saturated rings. The first-order chi connectivity index (χ1) is 19.9. The molecule has 214 valence electrons. The van der Waals surface area contributed by atoms with E-state index in [0.29, 0.717) is 24.2 Å². The van der Waals surface area contributed by atoms with Crippen molar-refractivity contribution in [2.45, 2.75) is 46.1 Å². The third-order valence-electron chi connectivity index (χ3n) is 8.46. The van der Waals surface area contributed by atoms with Gasteiger partial charge in [-0.15, -0.1) is 0 Å². The van der Waals surface area contributed by atoms with Crippen molar-refractivity contribution in [1.29, 1.82) is 0 Å². The Morgan fingerprint density at radius 2 is 1.76 bits per heavy atom. The Bertz CT molecular complexity index is 1420. The Morgan fingerprint density at radius 1 is 0.976 bits per heavy atom. The summed E-state index contributed by atoms with van der Waals surface area (Å²) in [6, 6.07) is 21.9. The Labute approximate surface area is 243 Å². The molecule has 41 heavy (non-hydrogen) atoms. The van der Waals surface area contributed by atoms with Crippen LogP contribution in [-0.2, 0) is 22.6 Å². The van der Waals surface area contributed by atoms with Gasteiger partial charge >= 0.3 is 0 Å². The predicted molar refractivity (Wildman–Crippen MR) is 164 cm³/mol. The summed E-state index contributed by atoms with van der Waals surface area (Å²) in [5, 5.41) is 3.04. The van der Waals surface area contributed by atoms with Crippen LogP contribution in [0.5, 0.6) is 0 Å². The SMILES string of the molecule is CCN(CC)C(=O)C1CCCN(Cc2cc(C(=O)Nc3ccc4c(c3)N(C)C(=O)CC4)ccc2-c2ccccc2)C1. The van der Waals surface area contributed by atoms with Gasteiger partial charge in [0, 0.05) is 56.6 Å². The molecule has 7 nitrogen and oxygen atoms in total. The highest BCUT2D eigenvalue weighted by Crippen LogP contribution is 2.31. The first-order valence-corrected chi connectivity index (χ1v) is 14.8. The molecule has 2 aliphatic heterocycles. The van der Waals surface area contributed by atoms with E-state index in [1.165, 1.54) is 0 Å². The zero-order chi connectivity index (χ0) is 28.9. The third kappa shape index (κ3) is 6.35. The summed E-state index contributed by atoms with van der Waals surface area (Å²) in [5.41, 5.74) is 6.46. The number of rotatable bonds is 8. The topological polar surface area (TPSA) is 73.0 Å². The summed E-state index contributed by atoms with van der Waals surface area (Å²) in [6.45, 7) is 7.85. The van der Waals surface area contributed by atoms with E-state index in [-0.39, 0.29) is 23.6 Å². The average molecular weight is 553 g/mol. The van der Waals surface area contributed by atoms with Gasteiger partial charge in [-0.2, -0.15) is 0 Å². The van der Waals surface area contributed by atoms with E-state index in [1.807, 2.05) is 73.3 Å². The largest absolute Gasteiger partial charge is 0.343 e. The minimum absolute atomic E-state index is 0.00401. The molecule has 3 aromatic carbocycles. The summed E-state index contributed by atoms with van der Waals surface area (Å²) in [4.78, 5) is 44.7. The molecule has 0 bridgehead atoms. The molecule has 0 radical (unpaired) electrons. The summed E-state index contributed by atoms with van der Waals surface area (Å²) >= 11 is 0. The fourth-order valence-electron chi connectivity index (χ4n) is 6.11. The highest BCUT2D eigenvalue weighted by Gasteiger charge is 2.29. The van der Waals surface area contributed by atoms with E-state index in [0.717, 1.165) is 73.4 Å². The first-order valence-electron chi connectivity index (χ1n) is 14.8. The van der Waals surface area contributed by atoms with Crippen LogP contribution >= 0.6 is 0 Å². The van der Waals surface area contributed by atoms with Gasteiger partial charge in [0.05, 0.1) is 5.92 Å². The molecular weight excluding hydrogens is 512 g/mol. The number of carbonyl (C=O) groups is 3. The minimum atomic E-state index is -0.191. The van der Waals surface area contributed by atoms with E-state index < -0.39 is 0 Å². The fraction of sp³-hybridized carbons (Fsp3) is 0.382. The second kappa shape index (κ2) is 12.7. The number of aryl methyl sites for hydroxylation is 1. The van der Waals surface area contributed by atoms with Crippen molar-refractivity contribution in [2.24, 2.45) is 5.92 Å². The summed E-state index contributed by atoms with van der Waals surface area (Å²) < 4.78 is 0. The summed E-state index contributed by atoms with van der Waals surface area (Å²) in [6.07, 6.45) is 3.12. The van der Waals surface area contributed by atoms with E-state index in [4.69, 9.17) is 0 Å². The lowest BCUT2D eigenvalue weighted by molar-refractivity contribution is -0.137. The Morgan fingerprint density at radius 3 is 2.51 bits per heavy atom. The number of nitrogens with zero attached hydrogens (tertiary/aromatic N) is 3. The molecule has 0 spiro atoms. The maximum absolute atomic E-state index is 13.4. The number of carbonyl (C=O) groups excluding carboxylic acids is 3. The molecule has 2 heterocycles. The zero-order valence-electron chi connectivity index (χ0n) is 24.4. The minimum Gasteiger partial charge on any atom is -0.343 e. The second-order valence-electron chi connectivity index (χ2n) is 11.1. The summed E-state index contributed by atoms with van der Waals surface area (Å²) in [7, 11) is 1.78. The Hall–Kier alpha value is -3.97. The monoisotopic (exact) mass is 552 g/mol. The van der Waals surface area contributed by atoms with Gasteiger partial charge in [0.25, 0.3) is 5.91 Å². The molecule has 3 aromatic rings. The van der Waals surface area contributed by atoms with Crippen LogP contribution in [0.25, 0.3) is 11.1 Å². The molecule has 1 saturated heterocycles. The number of amides is 3. The van der Waals surface area contributed by atoms with Gasteiger partial charge < -0.3 is 15.1 Å². The van der Waals surface area contributed by atoms with E-state index in [1.54, 1.807) is 11.9 Å². The lowest BCUT2D eigenvalue weighted by Crippen LogP contribution is -2.44. The Kier molecular flexibility index (Phi) is 8.84. The van der Waals surface area contributed by atoms with Crippen LogP contribution in [0.1, 0.15) is 54.6 Å². The van der Waals surface area contributed by atoms with Gasteiger partial charge in [-0.05, 0) is 86.2 Å². The molecule has 1 N–H and O–H groups in total. The molecule has 2 aliphatic rings. The van der Waals surface area contributed by atoms with Gasteiger partial charge in [0.1, 0.15) is 0 Å². The first kappa shape index (κ1) is 28.6. The van der Waals surface area contributed by atoms with Gasteiger partial charge in [-0.3, -0.25) is 19.3 Å². The fourth-order valence-corrected chi connectivity index (χ4v) is 6.11. The van der Waals surface area contributed by atoms with Crippen molar-refractivity contribution in [2.75, 3.05) is 43.4 Å². The van der Waals surface area contributed by atoms with E-state index in [9.17, 15) is 14.4 Å². The van der Waals surface area contributed by atoms with Crippen molar-refractivity contribution in [1.82, 2.24) is 9.80 Å². The average Bonchev–Trinajstić information content (AvgIpc) is 3.00. The Balaban J connectivity index is 1.39. The third-order valence-corrected chi connectivity index (χ3v) is 8.46. The molecule has 0 saturated carbocycles. The molecule has 0 aromatic heterocycles. The lowest BCUT2D eigenvalue weighted by atomic mass is 9.93. The highest BCUT2D eigenvalue weighted by molar-refractivity contribution is 6.05. The van der Waals surface area contributed by atoms with Crippen LogP contribution in [-0.4, -0.2) is 60.7 Å². The van der Waals surface area contributed by atoms with Crippen LogP contribution in [0.3, 0.4) is 0 Å². The van der Waals surface area contributed by atoms with Crippen LogP contribution in [0.15, 0.2) is 66.7 Å². The number of benzene rings is 3. The van der Waals surface area contributed by atoms with Crippen molar-refractivity contribution in [3.8, 4) is 11.1 Å².